The first-order chi connectivity index (χ1) is 8.34. The molecule has 0 fully saturated rings. The normalized spacial score (nSPS) is 10.6. The molecule has 0 atom stereocenters. The van der Waals surface area contributed by atoms with E-state index in [-0.39, 0.29) is 0 Å². The largest absolute Gasteiger partial charge is 0.200 e. The van der Waals surface area contributed by atoms with E-state index in [1.807, 2.05) is 31.2 Å². The second-order valence-corrected chi connectivity index (χ2v) is 3.41. The van der Waals surface area contributed by atoms with Gasteiger partial charge in [0.25, 0.3) is 0 Å². The Balaban J connectivity index is 2.09. The molecule has 0 aliphatic carbocycles. The smallest absolute Gasteiger partial charge is 0.153 e. The number of hydrogen-bond acceptors (Lipinski definition) is 6. The fourth-order valence-corrected chi connectivity index (χ4v) is 1.52. The van der Waals surface area contributed by atoms with Crippen LogP contribution in [0, 0.1) is 6.92 Å². The van der Waals surface area contributed by atoms with Crippen molar-refractivity contribution in [1.82, 2.24) is 40.4 Å². The van der Waals surface area contributed by atoms with Crippen LogP contribution in [-0.2, 0) is 0 Å². The molecule has 0 aliphatic heterocycles. The van der Waals surface area contributed by atoms with Crippen LogP contribution in [0.2, 0.25) is 0 Å². The number of tetrazole rings is 2. The highest BCUT2D eigenvalue weighted by Crippen LogP contribution is 2.12. The van der Waals surface area contributed by atoms with E-state index in [2.05, 4.69) is 31.1 Å². The molecule has 0 saturated carbocycles. The first kappa shape index (κ1) is 9.58. The number of aromatic nitrogens is 8. The van der Waals surface area contributed by atoms with Crippen molar-refractivity contribution in [1.29, 1.82) is 0 Å². The van der Waals surface area contributed by atoms with Gasteiger partial charge >= 0.3 is 0 Å². The highest BCUT2D eigenvalue weighted by molar-refractivity contribution is 5.42. The molecule has 0 saturated heterocycles. The van der Waals surface area contributed by atoms with Gasteiger partial charge in [0.05, 0.1) is 11.4 Å². The van der Waals surface area contributed by atoms with E-state index in [1.54, 1.807) is 9.36 Å². The molecule has 0 bridgehead atoms. The van der Waals surface area contributed by atoms with Crippen molar-refractivity contribution in [2.24, 2.45) is 0 Å². The summed E-state index contributed by atoms with van der Waals surface area (Å²) < 4.78 is 3.22. The quantitative estimate of drug-likeness (QED) is 0.611. The molecule has 8 heteroatoms. The molecule has 0 unspecified atom stereocenters. The van der Waals surface area contributed by atoms with Gasteiger partial charge in [-0.2, -0.15) is 4.68 Å². The number of benzene rings is 1. The summed E-state index contributed by atoms with van der Waals surface area (Å²) in [5, 5.41) is 22.4. The highest BCUT2D eigenvalue weighted by Gasteiger charge is 2.05. The molecule has 84 valence electrons. The second kappa shape index (κ2) is 3.74. The molecule has 17 heavy (non-hydrogen) atoms. The fraction of sp³-hybridized carbons (Fsp3) is 0.111. The molecule has 2 heterocycles. The Kier molecular flexibility index (Phi) is 2.11. The van der Waals surface area contributed by atoms with Crippen LogP contribution in [0.3, 0.4) is 0 Å². The Morgan fingerprint density at radius 1 is 1.06 bits per heavy atom. The van der Waals surface area contributed by atoms with Crippen LogP contribution in [0.4, 0.5) is 0 Å². The summed E-state index contributed by atoms with van der Waals surface area (Å²) >= 11 is 0. The zero-order chi connectivity index (χ0) is 11.7. The van der Waals surface area contributed by atoms with Crippen LogP contribution in [0.25, 0.3) is 11.4 Å². The van der Waals surface area contributed by atoms with Gasteiger partial charge < -0.3 is 0 Å². The minimum absolute atomic E-state index is 0.721. The molecule has 8 nitrogen and oxygen atoms in total. The number of nitrogens with zero attached hydrogens (tertiary/aromatic N) is 8. The summed E-state index contributed by atoms with van der Waals surface area (Å²) in [6, 6.07) is 7.62. The lowest BCUT2D eigenvalue weighted by molar-refractivity contribution is 0.768. The lowest BCUT2D eigenvalue weighted by Gasteiger charge is -2.04. The van der Waals surface area contributed by atoms with Crippen LogP contribution in [0.1, 0.15) is 5.82 Å². The standard InChI is InChI=1S/C9H8N8/c1-7-11-13-15-17(7)9-4-2-3-8(5-9)16-6-10-12-14-16/h2-6H,1H3. The molecular weight excluding hydrogens is 220 g/mol. The second-order valence-electron chi connectivity index (χ2n) is 3.41. The summed E-state index contributed by atoms with van der Waals surface area (Å²) in [6.45, 7) is 1.84. The van der Waals surface area contributed by atoms with E-state index in [0.717, 1.165) is 17.2 Å². The Hall–Kier alpha value is -2.64. The van der Waals surface area contributed by atoms with Gasteiger partial charge in [-0.3, -0.25) is 0 Å². The van der Waals surface area contributed by atoms with Gasteiger partial charge in [-0.05, 0) is 46.0 Å². The SMILES string of the molecule is Cc1nnnn1-c1cccc(-n2cnnn2)c1. The van der Waals surface area contributed by atoms with E-state index < -0.39 is 0 Å². The van der Waals surface area contributed by atoms with E-state index in [4.69, 9.17) is 0 Å². The van der Waals surface area contributed by atoms with Crippen molar-refractivity contribution in [2.45, 2.75) is 6.92 Å². The van der Waals surface area contributed by atoms with Crippen LogP contribution >= 0.6 is 0 Å². The first-order valence-electron chi connectivity index (χ1n) is 4.93. The maximum atomic E-state index is 3.90. The summed E-state index contributed by atoms with van der Waals surface area (Å²) in [6.07, 6.45) is 1.53. The minimum Gasteiger partial charge on any atom is -0.200 e. The van der Waals surface area contributed by atoms with Crippen LogP contribution < -0.4 is 0 Å². The third-order valence-corrected chi connectivity index (χ3v) is 2.31. The Bertz CT molecular complexity index is 626. The van der Waals surface area contributed by atoms with Crippen LogP contribution in [-0.4, -0.2) is 40.4 Å². The van der Waals surface area contributed by atoms with Crippen LogP contribution in [0.15, 0.2) is 30.6 Å². The summed E-state index contributed by atoms with van der Waals surface area (Å²) in [5.74, 6) is 0.721. The number of hydrogen-bond donors (Lipinski definition) is 0. The summed E-state index contributed by atoms with van der Waals surface area (Å²) in [7, 11) is 0. The third kappa shape index (κ3) is 1.65. The van der Waals surface area contributed by atoms with E-state index in [0.29, 0.717) is 0 Å². The van der Waals surface area contributed by atoms with Crippen molar-refractivity contribution >= 4 is 0 Å². The van der Waals surface area contributed by atoms with Gasteiger partial charge in [0.15, 0.2) is 5.82 Å². The molecule has 3 aromatic rings. The molecule has 0 amide bonds. The average Bonchev–Trinajstić information content (AvgIpc) is 2.99. The van der Waals surface area contributed by atoms with E-state index >= 15 is 0 Å². The number of aryl methyl sites for hydroxylation is 1. The van der Waals surface area contributed by atoms with Gasteiger partial charge in [-0.15, -0.1) is 10.2 Å². The Morgan fingerprint density at radius 2 is 1.94 bits per heavy atom. The van der Waals surface area contributed by atoms with E-state index in [9.17, 15) is 0 Å². The molecule has 2 aromatic heterocycles. The van der Waals surface area contributed by atoms with Crippen molar-refractivity contribution < 1.29 is 0 Å². The van der Waals surface area contributed by atoms with Crippen molar-refractivity contribution in [3.8, 4) is 11.4 Å². The molecule has 1 aromatic carbocycles. The minimum atomic E-state index is 0.721. The maximum Gasteiger partial charge on any atom is 0.153 e. The third-order valence-electron chi connectivity index (χ3n) is 2.31. The molecule has 0 aliphatic rings. The van der Waals surface area contributed by atoms with E-state index in [1.165, 1.54) is 6.33 Å². The first-order valence-corrected chi connectivity index (χ1v) is 4.93. The Labute approximate surface area is 95.9 Å². The maximum absolute atomic E-state index is 3.90. The summed E-state index contributed by atoms with van der Waals surface area (Å²) in [4.78, 5) is 0. The van der Waals surface area contributed by atoms with Gasteiger partial charge in [0.2, 0.25) is 0 Å². The Morgan fingerprint density at radius 3 is 2.65 bits per heavy atom. The monoisotopic (exact) mass is 228 g/mol. The molecular formula is C9H8N8. The fourth-order valence-electron chi connectivity index (χ4n) is 1.52. The number of rotatable bonds is 2. The topological polar surface area (TPSA) is 87.2 Å². The van der Waals surface area contributed by atoms with Crippen molar-refractivity contribution in [3.05, 3.63) is 36.4 Å². The van der Waals surface area contributed by atoms with Gasteiger partial charge in [-0.1, -0.05) is 6.07 Å². The van der Waals surface area contributed by atoms with Crippen LogP contribution in [0.5, 0.6) is 0 Å². The summed E-state index contributed by atoms with van der Waals surface area (Å²) in [5.41, 5.74) is 1.71. The van der Waals surface area contributed by atoms with Gasteiger partial charge in [-0.25, -0.2) is 4.68 Å². The average molecular weight is 228 g/mol. The zero-order valence-electron chi connectivity index (χ0n) is 8.96. The van der Waals surface area contributed by atoms with Gasteiger partial charge in [0, 0.05) is 0 Å². The molecule has 0 radical (unpaired) electrons. The molecule has 0 spiro atoms. The predicted molar refractivity (Wildman–Crippen MR) is 56.6 cm³/mol. The van der Waals surface area contributed by atoms with Crippen molar-refractivity contribution in [2.75, 3.05) is 0 Å². The molecule has 0 N–H and O–H groups in total. The predicted octanol–water partition coefficient (Wildman–Crippen LogP) is -0.0536. The molecule has 3 rings (SSSR count). The highest BCUT2D eigenvalue weighted by atomic mass is 15.5. The van der Waals surface area contributed by atoms with Gasteiger partial charge in [0.1, 0.15) is 6.33 Å². The zero-order valence-corrected chi connectivity index (χ0v) is 8.96. The van der Waals surface area contributed by atoms with Crippen molar-refractivity contribution in [3.63, 3.8) is 0 Å². The lowest BCUT2D eigenvalue weighted by Crippen LogP contribution is -2.02. The lowest BCUT2D eigenvalue weighted by atomic mass is 10.3.